The second kappa shape index (κ2) is 5.33. The molecule has 21 heavy (non-hydrogen) atoms. The zero-order chi connectivity index (χ0) is 15.0. The molecule has 3 rings (SSSR count). The van der Waals surface area contributed by atoms with E-state index in [1.807, 2.05) is 18.2 Å². The quantitative estimate of drug-likeness (QED) is 0.922. The lowest BCUT2D eigenvalue weighted by molar-refractivity contribution is -0.120. The molecule has 0 radical (unpaired) electrons. The van der Waals surface area contributed by atoms with Gasteiger partial charge in [-0.3, -0.25) is 9.59 Å². The minimum Gasteiger partial charge on any atom is -0.360 e. The molecule has 2 amide bonds. The van der Waals surface area contributed by atoms with Gasteiger partial charge in [0.05, 0.1) is 6.42 Å². The Morgan fingerprint density at radius 3 is 3.00 bits per heavy atom. The van der Waals surface area contributed by atoms with Crippen LogP contribution in [0.4, 0.5) is 11.5 Å². The van der Waals surface area contributed by atoms with Crippen LogP contribution in [0.2, 0.25) is 0 Å². The van der Waals surface area contributed by atoms with Gasteiger partial charge >= 0.3 is 0 Å². The second-order valence-electron chi connectivity index (χ2n) is 4.80. The molecule has 0 spiro atoms. The number of benzene rings is 1. The highest BCUT2D eigenvalue weighted by Gasteiger charge is 2.29. The van der Waals surface area contributed by atoms with Crippen molar-refractivity contribution >= 4 is 39.2 Å². The molecule has 2 aromatic rings. The maximum absolute atomic E-state index is 12.0. The molecule has 0 bridgehead atoms. The molecule has 0 aliphatic carbocycles. The van der Waals surface area contributed by atoms with Gasteiger partial charge in [0, 0.05) is 16.2 Å². The average Bonchev–Trinajstić information content (AvgIpc) is 2.94. The molecule has 108 valence electrons. The molecule has 1 aliphatic rings. The van der Waals surface area contributed by atoms with Crippen LogP contribution in [0.1, 0.15) is 11.3 Å². The predicted octanol–water partition coefficient (Wildman–Crippen LogP) is 2.27. The van der Waals surface area contributed by atoms with Crippen LogP contribution in [0.3, 0.4) is 0 Å². The lowest BCUT2D eigenvalue weighted by atomic mass is 10.2. The fraction of sp³-hybridized carbons (Fsp3) is 0.214. The highest BCUT2D eigenvalue weighted by Crippen LogP contribution is 2.31. The first-order valence-corrected chi connectivity index (χ1v) is 7.14. The third-order valence-corrected chi connectivity index (χ3v) is 3.67. The van der Waals surface area contributed by atoms with E-state index in [1.165, 1.54) is 4.90 Å². The smallest absolute Gasteiger partial charge is 0.245 e. The van der Waals surface area contributed by atoms with Crippen molar-refractivity contribution in [3.8, 4) is 0 Å². The van der Waals surface area contributed by atoms with Gasteiger partial charge in [-0.1, -0.05) is 21.1 Å². The Labute approximate surface area is 129 Å². The fourth-order valence-corrected chi connectivity index (χ4v) is 2.68. The number of nitrogens with one attached hydrogen (secondary N) is 1. The fourth-order valence-electron chi connectivity index (χ4n) is 2.28. The van der Waals surface area contributed by atoms with Crippen molar-refractivity contribution in [3.05, 3.63) is 40.1 Å². The zero-order valence-corrected chi connectivity index (χ0v) is 12.8. The number of aryl methyl sites for hydroxylation is 1. The first kappa shape index (κ1) is 13.8. The molecular formula is C14H12BrN3O3. The number of rotatable bonds is 3. The molecule has 0 unspecified atom stereocenters. The Morgan fingerprint density at radius 1 is 1.48 bits per heavy atom. The Hall–Kier alpha value is -2.15. The summed E-state index contributed by atoms with van der Waals surface area (Å²) in [6.07, 6.45) is 0.311. The lowest BCUT2D eigenvalue weighted by Gasteiger charge is -2.16. The van der Waals surface area contributed by atoms with Gasteiger partial charge in [-0.15, -0.1) is 0 Å². The van der Waals surface area contributed by atoms with E-state index >= 15 is 0 Å². The van der Waals surface area contributed by atoms with Gasteiger partial charge in [0.2, 0.25) is 11.8 Å². The summed E-state index contributed by atoms with van der Waals surface area (Å²) in [7, 11) is 0. The SMILES string of the molecule is Cc1cc(NC(=O)CN2C(=O)Cc3cc(Br)ccc32)no1. The number of amides is 2. The maximum atomic E-state index is 12.0. The minimum atomic E-state index is -0.313. The number of fused-ring (bicyclic) bond motifs is 1. The van der Waals surface area contributed by atoms with Crippen LogP contribution in [0.15, 0.2) is 33.3 Å². The van der Waals surface area contributed by atoms with Gasteiger partial charge in [0.15, 0.2) is 5.82 Å². The molecule has 2 heterocycles. The maximum Gasteiger partial charge on any atom is 0.245 e. The van der Waals surface area contributed by atoms with Crippen molar-refractivity contribution in [1.29, 1.82) is 0 Å². The number of halogens is 1. The van der Waals surface area contributed by atoms with Crippen LogP contribution < -0.4 is 10.2 Å². The summed E-state index contributed by atoms with van der Waals surface area (Å²) in [6, 6.07) is 7.20. The first-order chi connectivity index (χ1) is 10.0. The minimum absolute atomic E-state index is 0.0423. The Morgan fingerprint density at radius 2 is 2.29 bits per heavy atom. The van der Waals surface area contributed by atoms with E-state index < -0.39 is 0 Å². The molecule has 6 nitrogen and oxygen atoms in total. The monoisotopic (exact) mass is 349 g/mol. The topological polar surface area (TPSA) is 75.4 Å². The van der Waals surface area contributed by atoms with Crippen molar-refractivity contribution in [2.24, 2.45) is 0 Å². The van der Waals surface area contributed by atoms with Gasteiger partial charge in [0.1, 0.15) is 12.3 Å². The summed E-state index contributed by atoms with van der Waals surface area (Å²) in [4.78, 5) is 25.5. The molecular weight excluding hydrogens is 338 g/mol. The highest BCUT2D eigenvalue weighted by molar-refractivity contribution is 9.10. The van der Waals surface area contributed by atoms with Gasteiger partial charge in [0.25, 0.3) is 0 Å². The van der Waals surface area contributed by atoms with E-state index in [-0.39, 0.29) is 18.4 Å². The van der Waals surface area contributed by atoms with Crippen LogP contribution in [-0.4, -0.2) is 23.5 Å². The van der Waals surface area contributed by atoms with Crippen molar-refractivity contribution < 1.29 is 14.1 Å². The average molecular weight is 350 g/mol. The summed E-state index contributed by atoms with van der Waals surface area (Å²) >= 11 is 3.37. The van der Waals surface area contributed by atoms with Crippen LogP contribution >= 0.6 is 15.9 Å². The number of aromatic nitrogens is 1. The van der Waals surface area contributed by atoms with Crippen LogP contribution in [0.25, 0.3) is 0 Å². The number of hydrogen-bond donors (Lipinski definition) is 1. The lowest BCUT2D eigenvalue weighted by Crippen LogP contribution is -2.35. The first-order valence-electron chi connectivity index (χ1n) is 6.35. The molecule has 0 atom stereocenters. The van der Waals surface area contributed by atoms with E-state index in [0.29, 0.717) is 18.0 Å². The van der Waals surface area contributed by atoms with E-state index in [9.17, 15) is 9.59 Å². The summed E-state index contributed by atoms with van der Waals surface area (Å²) in [5.74, 6) is 0.555. The van der Waals surface area contributed by atoms with E-state index in [2.05, 4.69) is 26.4 Å². The Balaban J connectivity index is 1.73. The largest absolute Gasteiger partial charge is 0.360 e. The van der Waals surface area contributed by atoms with Crippen LogP contribution in [-0.2, 0) is 16.0 Å². The van der Waals surface area contributed by atoms with Crippen LogP contribution in [0, 0.1) is 6.92 Å². The predicted molar refractivity (Wildman–Crippen MR) is 80.1 cm³/mol. The second-order valence-corrected chi connectivity index (χ2v) is 5.72. The molecule has 0 saturated carbocycles. The summed E-state index contributed by atoms with van der Waals surface area (Å²) in [5.41, 5.74) is 1.69. The van der Waals surface area contributed by atoms with Gasteiger partial charge in [-0.2, -0.15) is 0 Å². The molecule has 1 N–H and O–H groups in total. The number of nitrogens with zero attached hydrogens (tertiary/aromatic N) is 2. The number of anilines is 2. The Bertz CT molecular complexity index is 726. The third kappa shape index (κ3) is 2.82. The van der Waals surface area contributed by atoms with Crippen molar-refractivity contribution in [3.63, 3.8) is 0 Å². The highest BCUT2D eigenvalue weighted by atomic mass is 79.9. The number of carbonyl (C=O) groups excluding carboxylic acids is 2. The normalized spacial score (nSPS) is 13.4. The van der Waals surface area contributed by atoms with Crippen molar-refractivity contribution in [1.82, 2.24) is 5.16 Å². The van der Waals surface area contributed by atoms with E-state index in [1.54, 1.807) is 13.0 Å². The van der Waals surface area contributed by atoms with Crippen LogP contribution in [0.5, 0.6) is 0 Å². The number of carbonyl (C=O) groups is 2. The third-order valence-electron chi connectivity index (χ3n) is 3.17. The Kier molecular flexibility index (Phi) is 3.50. The zero-order valence-electron chi connectivity index (χ0n) is 11.2. The van der Waals surface area contributed by atoms with Crippen molar-refractivity contribution in [2.45, 2.75) is 13.3 Å². The summed E-state index contributed by atoms with van der Waals surface area (Å²) < 4.78 is 5.79. The number of hydrogen-bond acceptors (Lipinski definition) is 4. The molecule has 7 heteroatoms. The van der Waals surface area contributed by atoms with Gasteiger partial charge in [-0.05, 0) is 30.7 Å². The van der Waals surface area contributed by atoms with Crippen molar-refractivity contribution in [2.75, 3.05) is 16.8 Å². The molecule has 1 aliphatic heterocycles. The molecule has 0 fully saturated rings. The standard InChI is InChI=1S/C14H12BrN3O3/c1-8-4-12(17-21-8)16-13(19)7-18-11-3-2-10(15)5-9(11)6-14(18)20/h2-5H,6-7H2,1H3,(H,16,17,19). The summed E-state index contributed by atoms with van der Waals surface area (Å²) in [6.45, 7) is 1.69. The molecule has 1 aromatic heterocycles. The van der Waals surface area contributed by atoms with E-state index in [4.69, 9.17) is 4.52 Å². The van der Waals surface area contributed by atoms with E-state index in [0.717, 1.165) is 15.7 Å². The molecule has 1 aromatic carbocycles. The van der Waals surface area contributed by atoms with Gasteiger partial charge < -0.3 is 14.7 Å². The van der Waals surface area contributed by atoms with Gasteiger partial charge in [-0.25, -0.2) is 0 Å². The molecule has 0 saturated heterocycles. The summed E-state index contributed by atoms with van der Waals surface area (Å²) in [5, 5.41) is 6.29.